The number of benzene rings is 1. The summed E-state index contributed by atoms with van der Waals surface area (Å²) in [5.74, 6) is -0.708. The summed E-state index contributed by atoms with van der Waals surface area (Å²) >= 11 is 0. The van der Waals surface area contributed by atoms with Crippen LogP contribution in [0.3, 0.4) is 0 Å². The molecule has 6 nitrogen and oxygen atoms in total. The zero-order valence-corrected chi connectivity index (χ0v) is 13.2. The van der Waals surface area contributed by atoms with Crippen LogP contribution in [0.2, 0.25) is 0 Å². The molecule has 0 saturated heterocycles. The maximum Gasteiger partial charge on any atom is 0.268 e. The van der Waals surface area contributed by atoms with Gasteiger partial charge in [-0.2, -0.15) is 0 Å². The monoisotopic (exact) mass is 319 g/mol. The first-order chi connectivity index (χ1) is 10.5. The van der Waals surface area contributed by atoms with Crippen LogP contribution in [0.5, 0.6) is 0 Å². The van der Waals surface area contributed by atoms with Gasteiger partial charge in [0.1, 0.15) is 11.6 Å². The van der Waals surface area contributed by atoms with Crippen molar-refractivity contribution in [3.8, 4) is 0 Å². The minimum Gasteiger partial charge on any atom is -0.268 e. The van der Waals surface area contributed by atoms with Crippen LogP contribution in [-0.2, 0) is 16.4 Å². The molecule has 0 saturated carbocycles. The Morgan fingerprint density at radius 2 is 1.95 bits per heavy atom. The van der Waals surface area contributed by atoms with Crippen LogP contribution in [0.15, 0.2) is 42.9 Å². The predicted molar refractivity (Wildman–Crippen MR) is 82.7 cm³/mol. The molecule has 0 fully saturated rings. The summed E-state index contributed by atoms with van der Waals surface area (Å²) in [6.45, 7) is 3.37. The number of nitrogens with zero attached hydrogens (tertiary/aromatic N) is 2. The summed E-state index contributed by atoms with van der Waals surface area (Å²) in [5, 5.41) is -0.840. The number of carbonyl (C=O) groups excluding carboxylic acids is 1. The van der Waals surface area contributed by atoms with Gasteiger partial charge in [-0.15, -0.1) is 0 Å². The first-order valence-electron chi connectivity index (χ1n) is 6.85. The van der Waals surface area contributed by atoms with Crippen molar-refractivity contribution in [2.45, 2.75) is 25.5 Å². The number of hydrogen-bond acceptors (Lipinski definition) is 5. The van der Waals surface area contributed by atoms with Crippen LogP contribution < -0.4 is 4.72 Å². The number of aromatic nitrogens is 2. The van der Waals surface area contributed by atoms with Crippen LogP contribution in [0, 0.1) is 0 Å². The molecule has 0 aliphatic rings. The number of carbonyl (C=O) groups is 1. The number of hydrogen-bond donors (Lipinski definition) is 1. The Morgan fingerprint density at radius 3 is 2.59 bits per heavy atom. The van der Waals surface area contributed by atoms with E-state index in [1.807, 2.05) is 6.92 Å². The Hall–Kier alpha value is -2.28. The molecule has 0 aliphatic heterocycles. The Bertz CT molecular complexity index is 761. The molecule has 1 amide bonds. The van der Waals surface area contributed by atoms with Crippen molar-refractivity contribution in [3.63, 3.8) is 0 Å². The molecule has 2 rings (SSSR count). The molecule has 1 aromatic heterocycles. The predicted octanol–water partition coefficient (Wildman–Crippen LogP) is 1.86. The van der Waals surface area contributed by atoms with Crippen LogP contribution in [0.25, 0.3) is 0 Å². The summed E-state index contributed by atoms with van der Waals surface area (Å²) in [6, 6.07) is 8.72. The fraction of sp³-hybridized carbons (Fsp3) is 0.267. The van der Waals surface area contributed by atoms with Crippen LogP contribution in [0.4, 0.5) is 0 Å². The third-order valence-electron chi connectivity index (χ3n) is 3.34. The van der Waals surface area contributed by atoms with Gasteiger partial charge in [0.05, 0.1) is 11.3 Å². The fourth-order valence-corrected chi connectivity index (χ4v) is 3.06. The Morgan fingerprint density at radius 1 is 1.27 bits per heavy atom. The van der Waals surface area contributed by atoms with E-state index in [1.165, 1.54) is 19.4 Å². The molecule has 0 aliphatic carbocycles. The van der Waals surface area contributed by atoms with Crippen LogP contribution >= 0.6 is 0 Å². The number of amides is 1. The van der Waals surface area contributed by atoms with Gasteiger partial charge in [-0.05, 0) is 18.9 Å². The SMILES string of the molecule is CCc1ncncc1C(=O)NS(=O)(=O)C(C)c1ccccc1. The molecular formula is C15H17N3O3S. The highest BCUT2D eigenvalue weighted by Gasteiger charge is 2.26. The van der Waals surface area contributed by atoms with E-state index in [9.17, 15) is 13.2 Å². The second kappa shape index (κ2) is 6.65. The molecule has 0 bridgehead atoms. The molecule has 2 aromatic rings. The van der Waals surface area contributed by atoms with E-state index in [4.69, 9.17) is 0 Å². The average molecular weight is 319 g/mol. The number of aryl methyl sites for hydroxylation is 1. The van der Waals surface area contributed by atoms with Crippen LogP contribution in [0.1, 0.15) is 40.7 Å². The summed E-state index contributed by atoms with van der Waals surface area (Å²) in [6.07, 6.45) is 3.17. The molecule has 1 atom stereocenters. The lowest BCUT2D eigenvalue weighted by atomic mass is 10.2. The normalized spacial score (nSPS) is 12.6. The summed E-state index contributed by atoms with van der Waals surface area (Å²) in [5.41, 5.74) is 1.30. The van der Waals surface area contributed by atoms with Gasteiger partial charge in [-0.1, -0.05) is 37.3 Å². The molecule has 1 N–H and O–H groups in total. The van der Waals surface area contributed by atoms with Crippen molar-refractivity contribution in [2.24, 2.45) is 0 Å². The lowest BCUT2D eigenvalue weighted by molar-refractivity contribution is 0.0979. The maximum absolute atomic E-state index is 12.3. The van der Waals surface area contributed by atoms with Gasteiger partial charge in [-0.3, -0.25) is 4.79 Å². The highest BCUT2D eigenvalue weighted by Crippen LogP contribution is 2.20. The summed E-state index contributed by atoms with van der Waals surface area (Å²) in [4.78, 5) is 20.0. The van der Waals surface area contributed by atoms with Crippen molar-refractivity contribution in [1.29, 1.82) is 0 Å². The fourth-order valence-electron chi connectivity index (χ4n) is 2.00. The van der Waals surface area contributed by atoms with Gasteiger partial charge in [0, 0.05) is 6.20 Å². The number of nitrogens with one attached hydrogen (secondary N) is 1. The van der Waals surface area contributed by atoms with E-state index in [0.717, 1.165) is 0 Å². The van der Waals surface area contributed by atoms with Crippen molar-refractivity contribution >= 4 is 15.9 Å². The van der Waals surface area contributed by atoms with E-state index in [1.54, 1.807) is 30.3 Å². The standard InChI is InChI=1S/C15H17N3O3S/c1-3-14-13(9-16-10-17-14)15(19)18-22(20,21)11(2)12-7-5-4-6-8-12/h4-11H,3H2,1-2H3,(H,18,19). The van der Waals surface area contributed by atoms with E-state index in [0.29, 0.717) is 17.7 Å². The van der Waals surface area contributed by atoms with Crippen molar-refractivity contribution in [2.75, 3.05) is 0 Å². The molecule has 1 heterocycles. The van der Waals surface area contributed by atoms with Gasteiger partial charge in [-0.25, -0.2) is 23.1 Å². The number of sulfonamides is 1. The second-order valence-electron chi connectivity index (χ2n) is 4.77. The first kappa shape index (κ1) is 16.1. The highest BCUT2D eigenvalue weighted by molar-refractivity contribution is 7.90. The zero-order valence-electron chi connectivity index (χ0n) is 12.4. The third kappa shape index (κ3) is 3.48. The number of rotatable bonds is 5. The highest BCUT2D eigenvalue weighted by atomic mass is 32.2. The van der Waals surface area contributed by atoms with Gasteiger partial charge >= 0.3 is 0 Å². The quantitative estimate of drug-likeness (QED) is 0.908. The van der Waals surface area contributed by atoms with E-state index < -0.39 is 21.2 Å². The maximum atomic E-state index is 12.3. The Kier molecular flexibility index (Phi) is 4.87. The molecule has 0 spiro atoms. The smallest absolute Gasteiger partial charge is 0.268 e. The minimum atomic E-state index is -3.84. The molecule has 1 aromatic carbocycles. The molecule has 7 heteroatoms. The lowest BCUT2D eigenvalue weighted by Crippen LogP contribution is -2.34. The third-order valence-corrected chi connectivity index (χ3v) is 5.02. The average Bonchev–Trinajstić information content (AvgIpc) is 2.54. The molecule has 116 valence electrons. The summed E-state index contributed by atoms with van der Waals surface area (Å²) in [7, 11) is -3.84. The Balaban J connectivity index is 2.23. The zero-order chi connectivity index (χ0) is 16.2. The van der Waals surface area contributed by atoms with E-state index >= 15 is 0 Å². The largest absolute Gasteiger partial charge is 0.268 e. The van der Waals surface area contributed by atoms with Crippen molar-refractivity contribution < 1.29 is 13.2 Å². The van der Waals surface area contributed by atoms with Gasteiger partial charge in [0.15, 0.2) is 0 Å². The van der Waals surface area contributed by atoms with Crippen molar-refractivity contribution in [3.05, 3.63) is 59.7 Å². The van der Waals surface area contributed by atoms with Crippen LogP contribution in [-0.4, -0.2) is 24.3 Å². The van der Waals surface area contributed by atoms with E-state index in [-0.39, 0.29) is 5.56 Å². The molecule has 0 radical (unpaired) electrons. The first-order valence-corrected chi connectivity index (χ1v) is 8.40. The lowest BCUT2D eigenvalue weighted by Gasteiger charge is -2.14. The molecular weight excluding hydrogens is 302 g/mol. The molecule has 22 heavy (non-hydrogen) atoms. The summed E-state index contributed by atoms with van der Waals surface area (Å²) < 4.78 is 26.8. The van der Waals surface area contributed by atoms with E-state index in [2.05, 4.69) is 14.7 Å². The Labute approximate surface area is 129 Å². The van der Waals surface area contributed by atoms with Gasteiger partial charge in [0.2, 0.25) is 10.0 Å². The second-order valence-corrected chi connectivity index (χ2v) is 6.77. The minimum absolute atomic E-state index is 0.175. The van der Waals surface area contributed by atoms with Crippen molar-refractivity contribution in [1.82, 2.24) is 14.7 Å². The van der Waals surface area contributed by atoms with Gasteiger partial charge < -0.3 is 0 Å². The molecule has 1 unspecified atom stereocenters. The topological polar surface area (TPSA) is 89.0 Å². The van der Waals surface area contributed by atoms with Gasteiger partial charge in [0.25, 0.3) is 5.91 Å².